The number of thiophene rings is 1. The van der Waals surface area contributed by atoms with Gasteiger partial charge in [-0.1, -0.05) is 35.9 Å². The molecule has 0 bridgehead atoms. The molecule has 0 aliphatic carbocycles. The van der Waals surface area contributed by atoms with Gasteiger partial charge in [-0.25, -0.2) is 0 Å². The molecule has 0 spiro atoms. The Hall–Kier alpha value is -3.08. The van der Waals surface area contributed by atoms with E-state index in [2.05, 4.69) is 34.2 Å². The van der Waals surface area contributed by atoms with Crippen molar-refractivity contribution in [2.75, 3.05) is 0 Å². The summed E-state index contributed by atoms with van der Waals surface area (Å²) in [6.45, 7) is 2.62. The van der Waals surface area contributed by atoms with Gasteiger partial charge in [-0.05, 0) is 71.5 Å². The van der Waals surface area contributed by atoms with E-state index >= 15 is 0 Å². The third-order valence-corrected chi connectivity index (χ3v) is 6.77. The fourth-order valence-electron chi connectivity index (χ4n) is 3.93. The monoisotopic (exact) mass is 429 g/mol. The zero-order valence-electron chi connectivity index (χ0n) is 16.3. The highest BCUT2D eigenvalue weighted by atomic mass is 35.5. The van der Waals surface area contributed by atoms with Gasteiger partial charge in [0.15, 0.2) is 0 Å². The van der Waals surface area contributed by atoms with E-state index in [-0.39, 0.29) is 0 Å². The molecule has 0 saturated heterocycles. The zero-order chi connectivity index (χ0) is 20.8. The Morgan fingerprint density at radius 3 is 2.73 bits per heavy atom. The van der Waals surface area contributed by atoms with Crippen LogP contribution in [0.15, 0.2) is 66.0 Å². The Bertz CT molecular complexity index is 1420. The first kappa shape index (κ1) is 18.9. The van der Waals surface area contributed by atoms with Crippen molar-refractivity contribution in [2.45, 2.75) is 13.5 Å². The zero-order valence-corrected chi connectivity index (χ0v) is 17.8. The Balaban J connectivity index is 1.80. The Morgan fingerprint density at radius 2 is 2.00 bits per heavy atom. The largest absolute Gasteiger partial charge is 0.366 e. The number of halogens is 1. The summed E-state index contributed by atoms with van der Waals surface area (Å²) in [6.07, 6.45) is 0. The number of aromatic nitrogens is 1. The third kappa shape index (κ3) is 3.09. The summed E-state index contributed by atoms with van der Waals surface area (Å²) in [6, 6.07) is 23.5. The van der Waals surface area contributed by atoms with Crippen LogP contribution < -0.4 is 5.73 Å². The lowest BCUT2D eigenvalue weighted by Crippen LogP contribution is -2.11. The standard InChI is InChI=1S/C25H18ClN2OS/c1-15-7-8-16(12-20(15)26)14-28-21-5-2-4-19(25(27)29)24(21)18-10-9-17(13-22(18)28)23-6-3-11-30-23/h2-9,11-13H,14H2,1H3,(H2,27,29). The average molecular weight is 430 g/mol. The molecule has 0 saturated carbocycles. The number of rotatable bonds is 4. The van der Waals surface area contributed by atoms with Gasteiger partial charge in [0, 0.05) is 32.8 Å². The van der Waals surface area contributed by atoms with Gasteiger partial charge >= 0.3 is 0 Å². The van der Waals surface area contributed by atoms with Crippen LogP contribution in [0.25, 0.3) is 32.2 Å². The van der Waals surface area contributed by atoms with Crippen molar-refractivity contribution in [2.24, 2.45) is 5.73 Å². The van der Waals surface area contributed by atoms with Crippen molar-refractivity contribution < 1.29 is 4.79 Å². The molecule has 5 aromatic rings. The van der Waals surface area contributed by atoms with Crippen molar-refractivity contribution >= 4 is 50.7 Å². The van der Waals surface area contributed by atoms with Crippen LogP contribution in [0.4, 0.5) is 0 Å². The minimum atomic E-state index is -0.436. The van der Waals surface area contributed by atoms with E-state index in [9.17, 15) is 4.79 Å². The Morgan fingerprint density at radius 1 is 1.13 bits per heavy atom. The number of hydrogen-bond donors (Lipinski definition) is 1. The molecule has 1 amide bonds. The third-order valence-electron chi connectivity index (χ3n) is 5.44. The van der Waals surface area contributed by atoms with E-state index in [1.165, 1.54) is 4.88 Å². The molecule has 5 rings (SSSR count). The summed E-state index contributed by atoms with van der Waals surface area (Å²) in [5.74, 6) is -0.436. The Labute approximate surface area is 183 Å². The van der Waals surface area contributed by atoms with Gasteiger partial charge in [0.1, 0.15) is 0 Å². The average Bonchev–Trinajstić information content (AvgIpc) is 3.38. The fourth-order valence-corrected chi connectivity index (χ4v) is 4.85. The second-order valence-corrected chi connectivity index (χ2v) is 8.71. The van der Waals surface area contributed by atoms with Crippen LogP contribution in [0, 0.1) is 13.0 Å². The number of nitrogens with zero attached hydrogens (tertiary/aromatic N) is 1. The van der Waals surface area contributed by atoms with Gasteiger partial charge in [0.05, 0.1) is 11.0 Å². The topological polar surface area (TPSA) is 48.0 Å². The first-order chi connectivity index (χ1) is 14.5. The van der Waals surface area contributed by atoms with Crippen LogP contribution in [-0.2, 0) is 6.54 Å². The quantitative estimate of drug-likeness (QED) is 0.351. The van der Waals surface area contributed by atoms with Gasteiger partial charge in [-0.2, -0.15) is 0 Å². The molecule has 5 heteroatoms. The molecule has 3 aromatic carbocycles. The first-order valence-corrected chi connectivity index (χ1v) is 10.8. The van der Waals surface area contributed by atoms with Crippen molar-refractivity contribution in [3.05, 3.63) is 93.8 Å². The lowest BCUT2D eigenvalue weighted by molar-refractivity contribution is 0.100. The summed E-state index contributed by atoms with van der Waals surface area (Å²) in [5, 5.41) is 4.56. The highest BCUT2D eigenvalue weighted by Gasteiger charge is 2.17. The van der Waals surface area contributed by atoms with Crippen molar-refractivity contribution in [3.8, 4) is 10.4 Å². The molecule has 0 atom stereocenters. The van der Waals surface area contributed by atoms with Gasteiger partial charge in [-0.15, -0.1) is 11.3 Å². The van der Waals surface area contributed by atoms with Crippen LogP contribution in [0.2, 0.25) is 5.02 Å². The molecule has 0 fully saturated rings. The van der Waals surface area contributed by atoms with Gasteiger partial charge < -0.3 is 10.3 Å². The van der Waals surface area contributed by atoms with Gasteiger partial charge in [0.25, 0.3) is 0 Å². The second kappa shape index (κ2) is 7.31. The van der Waals surface area contributed by atoms with Crippen LogP contribution in [0.1, 0.15) is 21.5 Å². The van der Waals surface area contributed by atoms with Crippen molar-refractivity contribution in [1.82, 2.24) is 4.57 Å². The summed E-state index contributed by atoms with van der Waals surface area (Å²) < 4.78 is 2.21. The van der Waals surface area contributed by atoms with Crippen molar-refractivity contribution in [3.63, 3.8) is 0 Å². The van der Waals surface area contributed by atoms with Crippen molar-refractivity contribution in [1.29, 1.82) is 0 Å². The van der Waals surface area contributed by atoms with E-state index in [4.69, 9.17) is 17.3 Å². The molecule has 3 nitrogen and oxygen atoms in total. The number of primary amides is 1. The minimum absolute atomic E-state index is 0.436. The van der Waals surface area contributed by atoms with E-state index in [1.807, 2.05) is 43.3 Å². The summed E-state index contributed by atoms with van der Waals surface area (Å²) >= 11 is 8.07. The number of aryl methyl sites for hydroxylation is 1. The lowest BCUT2D eigenvalue weighted by Gasteiger charge is -2.10. The molecular formula is C25H18ClN2OS. The molecular weight excluding hydrogens is 412 g/mol. The highest BCUT2D eigenvalue weighted by Crippen LogP contribution is 2.35. The summed E-state index contributed by atoms with van der Waals surface area (Å²) in [4.78, 5) is 13.3. The maximum absolute atomic E-state index is 12.1. The molecule has 2 heterocycles. The van der Waals surface area contributed by atoms with E-state index in [1.54, 1.807) is 17.4 Å². The van der Waals surface area contributed by atoms with Crippen LogP contribution >= 0.6 is 22.9 Å². The van der Waals surface area contributed by atoms with Crippen LogP contribution in [0.3, 0.4) is 0 Å². The number of amides is 1. The molecule has 2 N–H and O–H groups in total. The van der Waals surface area contributed by atoms with E-state index < -0.39 is 5.91 Å². The number of nitrogens with two attached hydrogens (primary N) is 1. The molecule has 30 heavy (non-hydrogen) atoms. The number of carbonyl (C=O) groups excluding carboxylic acids is 1. The van der Waals surface area contributed by atoms with Gasteiger partial charge in [0.2, 0.25) is 5.91 Å². The Kier molecular flexibility index (Phi) is 4.61. The predicted octanol–water partition coefficient (Wildman–Crippen LogP) is 6.43. The normalized spacial score (nSPS) is 11.4. The molecule has 1 radical (unpaired) electrons. The lowest BCUT2D eigenvalue weighted by atomic mass is 10.0. The highest BCUT2D eigenvalue weighted by molar-refractivity contribution is 7.13. The smallest absolute Gasteiger partial charge is 0.249 e. The minimum Gasteiger partial charge on any atom is -0.366 e. The molecule has 147 valence electrons. The number of carbonyl (C=O) groups is 1. The molecule has 0 unspecified atom stereocenters. The summed E-state index contributed by atoms with van der Waals surface area (Å²) in [7, 11) is 0. The van der Waals surface area contributed by atoms with Crippen LogP contribution in [-0.4, -0.2) is 10.5 Å². The number of hydrogen-bond acceptors (Lipinski definition) is 2. The maximum atomic E-state index is 12.1. The molecule has 0 aliphatic rings. The number of fused-ring (bicyclic) bond motifs is 3. The fraction of sp³-hybridized carbons (Fsp3) is 0.0800. The van der Waals surface area contributed by atoms with E-state index in [0.29, 0.717) is 12.1 Å². The summed E-state index contributed by atoms with van der Waals surface area (Å²) in [5.41, 5.74) is 11.4. The second-order valence-electron chi connectivity index (χ2n) is 7.36. The SMILES string of the molecule is Cc1ccc(Cn2c3cc(-c4cccs4)c[c]c3c3c(C(N)=O)cccc32)cc1Cl. The maximum Gasteiger partial charge on any atom is 0.249 e. The van der Waals surface area contributed by atoms with Crippen LogP contribution in [0.5, 0.6) is 0 Å². The molecule has 0 aliphatic heterocycles. The molecule has 2 aromatic heterocycles. The number of benzene rings is 3. The first-order valence-electron chi connectivity index (χ1n) is 9.58. The predicted molar refractivity (Wildman–Crippen MR) is 125 cm³/mol. The van der Waals surface area contributed by atoms with Gasteiger partial charge in [-0.3, -0.25) is 4.79 Å². The van der Waals surface area contributed by atoms with E-state index in [0.717, 1.165) is 43.5 Å².